The Morgan fingerprint density at radius 1 is 1.50 bits per heavy atom. The van der Waals surface area contributed by atoms with Gasteiger partial charge in [-0.3, -0.25) is 4.79 Å². The third kappa shape index (κ3) is 1.31. The van der Waals surface area contributed by atoms with Gasteiger partial charge in [0.25, 0.3) is 5.78 Å². The molecule has 0 spiro atoms. The fraction of sp³-hybridized carbons (Fsp3) is 0.667. The Morgan fingerprint density at radius 2 is 2.08 bits per heavy atom. The van der Waals surface area contributed by atoms with E-state index in [1.807, 2.05) is 0 Å². The van der Waals surface area contributed by atoms with Gasteiger partial charge in [-0.15, -0.1) is 0 Å². The fourth-order valence-corrected chi connectivity index (χ4v) is 0.909. The first-order valence-corrected chi connectivity index (χ1v) is 3.29. The summed E-state index contributed by atoms with van der Waals surface area (Å²) in [6.45, 7) is -0.678. The van der Waals surface area contributed by atoms with Crippen LogP contribution in [0.2, 0.25) is 0 Å². The summed E-state index contributed by atoms with van der Waals surface area (Å²) in [6.07, 6.45) is -4.43. The zero-order chi connectivity index (χ0) is 9.30. The van der Waals surface area contributed by atoms with E-state index >= 15 is 0 Å². The first-order chi connectivity index (χ1) is 5.57. The molecule has 1 heterocycles. The number of ether oxygens (including phenoxy) is 1. The van der Waals surface area contributed by atoms with Crippen molar-refractivity contribution in [2.24, 2.45) is 0 Å². The first kappa shape index (κ1) is 9.11. The highest BCUT2D eigenvalue weighted by atomic mass is 16.6. The summed E-state index contributed by atoms with van der Waals surface area (Å²) in [4.78, 5) is 21.1. The molecule has 68 valence electrons. The van der Waals surface area contributed by atoms with Crippen LogP contribution in [0.3, 0.4) is 0 Å². The molecule has 3 N–H and O–H groups in total. The minimum Gasteiger partial charge on any atom is -0.450 e. The molecule has 0 radical (unpaired) electrons. The van der Waals surface area contributed by atoms with Crippen molar-refractivity contribution in [2.75, 3.05) is 6.61 Å². The van der Waals surface area contributed by atoms with Crippen LogP contribution < -0.4 is 0 Å². The Labute approximate surface area is 67.4 Å². The van der Waals surface area contributed by atoms with Gasteiger partial charge >= 0.3 is 5.97 Å². The maximum Gasteiger partial charge on any atom is 0.378 e. The van der Waals surface area contributed by atoms with Crippen LogP contribution in [-0.2, 0) is 14.3 Å². The van der Waals surface area contributed by atoms with Crippen LogP contribution in [0.15, 0.2) is 0 Å². The predicted molar refractivity (Wildman–Crippen MR) is 34.0 cm³/mol. The van der Waals surface area contributed by atoms with Crippen molar-refractivity contribution in [2.45, 2.75) is 18.3 Å². The van der Waals surface area contributed by atoms with Gasteiger partial charge in [0.1, 0.15) is 6.10 Å². The summed E-state index contributed by atoms with van der Waals surface area (Å²) in [5.41, 5.74) is 0. The standard InChI is InChI=1S/C6H8O6/c7-1-2(8)5-3(9)4(10)6(11)12-5/h2-3,5,7-9H,1H2/t2?,3?,5-/m1/s1. The number of cyclic esters (lactones) is 1. The van der Waals surface area contributed by atoms with Gasteiger partial charge in [-0.2, -0.15) is 0 Å². The van der Waals surface area contributed by atoms with Crippen LogP contribution in [-0.4, -0.2) is 52.0 Å². The van der Waals surface area contributed by atoms with Gasteiger partial charge in [0, 0.05) is 0 Å². The van der Waals surface area contributed by atoms with Gasteiger partial charge in [-0.25, -0.2) is 4.79 Å². The Bertz CT molecular complexity index is 212. The topological polar surface area (TPSA) is 104 Å². The van der Waals surface area contributed by atoms with E-state index in [0.717, 1.165) is 0 Å². The van der Waals surface area contributed by atoms with Crippen LogP contribution in [0.4, 0.5) is 0 Å². The van der Waals surface area contributed by atoms with Gasteiger partial charge < -0.3 is 20.1 Å². The highest BCUT2D eigenvalue weighted by Crippen LogP contribution is 2.14. The van der Waals surface area contributed by atoms with Gasteiger partial charge in [0.15, 0.2) is 12.2 Å². The Morgan fingerprint density at radius 3 is 2.42 bits per heavy atom. The normalized spacial score (nSPS) is 31.9. The van der Waals surface area contributed by atoms with E-state index in [1.165, 1.54) is 0 Å². The zero-order valence-electron chi connectivity index (χ0n) is 6.01. The Balaban J connectivity index is 2.70. The molecule has 2 unspecified atom stereocenters. The lowest BCUT2D eigenvalue weighted by Gasteiger charge is -2.15. The molecule has 12 heavy (non-hydrogen) atoms. The smallest absolute Gasteiger partial charge is 0.378 e. The van der Waals surface area contributed by atoms with E-state index in [0.29, 0.717) is 0 Å². The number of hydrogen-bond acceptors (Lipinski definition) is 6. The second kappa shape index (κ2) is 3.18. The minimum absolute atomic E-state index is 0.678. The van der Waals surface area contributed by atoms with Gasteiger partial charge in [0.2, 0.25) is 0 Å². The van der Waals surface area contributed by atoms with E-state index < -0.39 is 36.7 Å². The molecule has 0 aromatic carbocycles. The molecule has 1 fully saturated rings. The summed E-state index contributed by atoms with van der Waals surface area (Å²) in [6, 6.07) is 0. The Kier molecular flexibility index (Phi) is 2.41. The lowest BCUT2D eigenvalue weighted by atomic mass is 10.1. The second-order valence-electron chi connectivity index (χ2n) is 2.43. The van der Waals surface area contributed by atoms with Crippen molar-refractivity contribution in [3.63, 3.8) is 0 Å². The molecule has 6 heteroatoms. The largest absolute Gasteiger partial charge is 0.450 e. The molecule has 1 aliphatic heterocycles. The van der Waals surface area contributed by atoms with E-state index in [-0.39, 0.29) is 0 Å². The summed E-state index contributed by atoms with van der Waals surface area (Å²) < 4.78 is 4.29. The average molecular weight is 176 g/mol. The van der Waals surface area contributed by atoms with Gasteiger partial charge in [-0.1, -0.05) is 0 Å². The SMILES string of the molecule is O=C1O[C@H](C(O)CO)C(O)C1=O. The number of hydrogen-bond donors (Lipinski definition) is 3. The van der Waals surface area contributed by atoms with Crippen molar-refractivity contribution < 1.29 is 29.6 Å². The molecule has 1 saturated heterocycles. The predicted octanol–water partition coefficient (Wildman–Crippen LogP) is -2.81. The number of ketones is 1. The van der Waals surface area contributed by atoms with Crippen LogP contribution in [0, 0.1) is 0 Å². The summed E-state index contributed by atoms with van der Waals surface area (Å²) in [5.74, 6) is -2.27. The van der Waals surface area contributed by atoms with E-state index in [2.05, 4.69) is 4.74 Å². The molecule has 0 amide bonds. The van der Waals surface area contributed by atoms with Crippen LogP contribution in [0.5, 0.6) is 0 Å². The van der Waals surface area contributed by atoms with Crippen LogP contribution in [0.25, 0.3) is 0 Å². The highest BCUT2D eigenvalue weighted by Gasteiger charge is 2.45. The number of Topliss-reactive ketones (excluding diaryl/α,β-unsaturated/α-hetero) is 1. The molecule has 1 rings (SSSR count). The summed E-state index contributed by atoms with van der Waals surface area (Å²) in [7, 11) is 0. The van der Waals surface area contributed by atoms with E-state index in [9.17, 15) is 9.59 Å². The van der Waals surface area contributed by atoms with E-state index in [1.54, 1.807) is 0 Å². The lowest BCUT2D eigenvalue weighted by molar-refractivity contribution is -0.152. The number of rotatable bonds is 2. The van der Waals surface area contributed by atoms with E-state index in [4.69, 9.17) is 15.3 Å². The van der Waals surface area contributed by atoms with Crippen LogP contribution in [0.1, 0.15) is 0 Å². The number of carbonyl (C=O) groups is 2. The highest BCUT2D eigenvalue weighted by molar-refractivity contribution is 6.37. The Hall–Kier alpha value is -0.980. The van der Waals surface area contributed by atoms with Crippen LogP contribution >= 0.6 is 0 Å². The molecule has 0 aromatic rings. The molecule has 0 aromatic heterocycles. The number of carbonyl (C=O) groups excluding carboxylic acids is 2. The third-order valence-corrected chi connectivity index (χ3v) is 1.59. The number of aliphatic hydroxyl groups excluding tert-OH is 3. The molecule has 0 bridgehead atoms. The van der Waals surface area contributed by atoms with Crippen molar-refractivity contribution in [3.05, 3.63) is 0 Å². The van der Waals surface area contributed by atoms with Crippen molar-refractivity contribution in [1.82, 2.24) is 0 Å². The monoisotopic (exact) mass is 176 g/mol. The van der Waals surface area contributed by atoms with Gasteiger partial charge in [-0.05, 0) is 0 Å². The quantitative estimate of drug-likeness (QED) is 0.310. The van der Waals surface area contributed by atoms with Crippen molar-refractivity contribution >= 4 is 11.8 Å². The molecule has 3 atom stereocenters. The molecular weight excluding hydrogens is 168 g/mol. The number of esters is 1. The molecule has 1 aliphatic rings. The number of aliphatic hydroxyl groups is 3. The third-order valence-electron chi connectivity index (χ3n) is 1.59. The zero-order valence-corrected chi connectivity index (χ0v) is 6.01. The first-order valence-electron chi connectivity index (χ1n) is 3.29. The maximum absolute atomic E-state index is 10.6. The van der Waals surface area contributed by atoms with Crippen molar-refractivity contribution in [3.8, 4) is 0 Å². The summed E-state index contributed by atoms with van der Waals surface area (Å²) >= 11 is 0. The minimum atomic E-state index is -1.67. The average Bonchev–Trinajstić information content (AvgIpc) is 2.32. The van der Waals surface area contributed by atoms with Crippen molar-refractivity contribution in [1.29, 1.82) is 0 Å². The molecule has 0 aliphatic carbocycles. The fourth-order valence-electron chi connectivity index (χ4n) is 0.909. The summed E-state index contributed by atoms with van der Waals surface area (Å²) in [5, 5.41) is 26.3. The molecule has 6 nitrogen and oxygen atoms in total. The second-order valence-corrected chi connectivity index (χ2v) is 2.43. The lowest BCUT2D eigenvalue weighted by Crippen LogP contribution is -2.38. The molecule has 0 saturated carbocycles. The molecular formula is C6H8O6. The maximum atomic E-state index is 10.6. The van der Waals surface area contributed by atoms with Gasteiger partial charge in [0.05, 0.1) is 6.61 Å².